The maximum Gasteiger partial charge on any atom is 0.231 e. The number of hydrogen-bond acceptors (Lipinski definition) is 6. The summed E-state index contributed by atoms with van der Waals surface area (Å²) < 4.78 is 27.8. The Morgan fingerprint density at radius 1 is 0.969 bits per heavy atom. The maximum absolute atomic E-state index is 5.81. The van der Waals surface area contributed by atoms with Gasteiger partial charge in [-0.05, 0) is 49.6 Å². The smallest absolute Gasteiger partial charge is 0.231 e. The molecule has 8 nitrogen and oxygen atoms in total. The van der Waals surface area contributed by atoms with Gasteiger partial charge in [-0.1, -0.05) is 6.07 Å². The highest BCUT2D eigenvalue weighted by Gasteiger charge is 2.14. The first-order chi connectivity index (χ1) is 15.8. The topological polar surface area (TPSA) is 82.6 Å². The van der Waals surface area contributed by atoms with Crippen molar-refractivity contribution in [3.63, 3.8) is 0 Å². The van der Waals surface area contributed by atoms with Gasteiger partial charge in [0.1, 0.15) is 0 Å². The fraction of sp³-hybridized carbons (Fsp3) is 0.458. The lowest BCUT2D eigenvalue weighted by atomic mass is 10.1. The summed E-state index contributed by atoms with van der Waals surface area (Å²) in [6, 6.07) is 11.9. The summed E-state index contributed by atoms with van der Waals surface area (Å²) in [4.78, 5) is 4.71. The van der Waals surface area contributed by atoms with Crippen LogP contribution in [0.25, 0.3) is 0 Å². The largest absolute Gasteiger partial charge is 0.490 e. The molecule has 0 radical (unpaired) electrons. The van der Waals surface area contributed by atoms with E-state index in [0.717, 1.165) is 67.1 Å². The second-order valence-corrected chi connectivity index (χ2v) is 7.48. The van der Waals surface area contributed by atoms with Crippen LogP contribution in [0.4, 0.5) is 5.69 Å². The molecule has 0 saturated heterocycles. The van der Waals surface area contributed by atoms with Crippen LogP contribution >= 0.6 is 0 Å². The van der Waals surface area contributed by atoms with Gasteiger partial charge in [0.25, 0.3) is 0 Å². The monoisotopic (exact) mass is 441 g/mol. The fourth-order valence-electron chi connectivity index (χ4n) is 3.44. The average Bonchev–Trinajstić information content (AvgIpc) is 3.15. The van der Waals surface area contributed by atoms with E-state index < -0.39 is 0 Å². The van der Waals surface area contributed by atoms with Gasteiger partial charge in [0, 0.05) is 44.5 Å². The SMILES string of the molecule is CCOCCCN=C(NCCc1ccc2c(c1)OCO2)Nc1ccc2c(c1)OCCCO2. The van der Waals surface area contributed by atoms with Crippen LogP contribution in [0, 0.1) is 0 Å². The minimum absolute atomic E-state index is 0.287. The normalized spacial score (nSPS) is 14.7. The number of hydrogen-bond donors (Lipinski definition) is 2. The number of nitrogens with zero attached hydrogens (tertiary/aromatic N) is 1. The van der Waals surface area contributed by atoms with Crippen LogP contribution in [-0.4, -0.2) is 52.3 Å². The van der Waals surface area contributed by atoms with E-state index in [1.54, 1.807) is 0 Å². The Balaban J connectivity index is 1.37. The molecule has 2 aromatic rings. The quantitative estimate of drug-likeness (QED) is 0.349. The Labute approximate surface area is 188 Å². The van der Waals surface area contributed by atoms with Crippen molar-refractivity contribution in [3.05, 3.63) is 42.0 Å². The standard InChI is InChI=1S/C24H31N3O5/c1-2-28-12-3-10-25-24(26-11-9-18-5-7-21-22(15-18)32-17-31-21)27-19-6-8-20-23(16-19)30-14-4-13-29-20/h5-8,15-16H,2-4,9-14,17H2,1H3,(H2,25,26,27). The Bertz CT molecular complexity index is 919. The molecule has 4 rings (SSSR count). The first-order valence-electron chi connectivity index (χ1n) is 11.2. The molecule has 2 aromatic carbocycles. The third-order valence-corrected chi connectivity index (χ3v) is 5.07. The predicted molar refractivity (Wildman–Crippen MR) is 123 cm³/mol. The van der Waals surface area contributed by atoms with E-state index in [9.17, 15) is 0 Å². The molecule has 2 heterocycles. The van der Waals surface area contributed by atoms with E-state index in [0.29, 0.717) is 26.4 Å². The second-order valence-electron chi connectivity index (χ2n) is 7.48. The van der Waals surface area contributed by atoms with Crippen LogP contribution in [-0.2, 0) is 11.2 Å². The first kappa shape index (κ1) is 22.1. The van der Waals surface area contributed by atoms with Gasteiger partial charge in [-0.2, -0.15) is 0 Å². The summed E-state index contributed by atoms with van der Waals surface area (Å²) in [5.74, 6) is 3.85. The summed E-state index contributed by atoms with van der Waals surface area (Å²) in [6.45, 7) is 6.43. The highest BCUT2D eigenvalue weighted by molar-refractivity contribution is 5.94. The van der Waals surface area contributed by atoms with Crippen LogP contribution in [0.1, 0.15) is 25.3 Å². The predicted octanol–water partition coefficient (Wildman–Crippen LogP) is 3.60. The van der Waals surface area contributed by atoms with Crippen LogP contribution in [0.2, 0.25) is 0 Å². The lowest BCUT2D eigenvalue weighted by Crippen LogP contribution is -2.32. The van der Waals surface area contributed by atoms with Gasteiger partial charge in [0.15, 0.2) is 29.0 Å². The molecule has 2 aliphatic heterocycles. The molecule has 2 N–H and O–H groups in total. The zero-order valence-electron chi connectivity index (χ0n) is 18.5. The maximum atomic E-state index is 5.81. The molecule has 0 fully saturated rings. The van der Waals surface area contributed by atoms with E-state index >= 15 is 0 Å². The van der Waals surface area contributed by atoms with Crippen LogP contribution in [0.5, 0.6) is 23.0 Å². The molecule has 0 saturated carbocycles. The second kappa shape index (κ2) is 11.5. The summed E-state index contributed by atoms with van der Waals surface area (Å²) in [7, 11) is 0. The van der Waals surface area contributed by atoms with Crippen molar-refractivity contribution in [2.75, 3.05) is 51.6 Å². The number of rotatable bonds is 9. The van der Waals surface area contributed by atoms with Gasteiger partial charge in [-0.15, -0.1) is 0 Å². The number of aliphatic imine (C=N–C) groups is 1. The van der Waals surface area contributed by atoms with Crippen molar-refractivity contribution in [1.82, 2.24) is 5.32 Å². The lowest BCUT2D eigenvalue weighted by molar-refractivity contribution is 0.146. The van der Waals surface area contributed by atoms with Gasteiger partial charge in [0.05, 0.1) is 13.2 Å². The van der Waals surface area contributed by atoms with Crippen molar-refractivity contribution >= 4 is 11.6 Å². The zero-order valence-corrected chi connectivity index (χ0v) is 18.5. The van der Waals surface area contributed by atoms with Gasteiger partial charge < -0.3 is 34.3 Å². The Morgan fingerprint density at radius 3 is 2.66 bits per heavy atom. The Hall–Kier alpha value is -3.13. The molecule has 0 unspecified atom stereocenters. The molecular weight excluding hydrogens is 410 g/mol. The van der Waals surface area contributed by atoms with E-state index in [1.807, 2.05) is 37.3 Å². The van der Waals surface area contributed by atoms with Crippen molar-refractivity contribution in [1.29, 1.82) is 0 Å². The van der Waals surface area contributed by atoms with Gasteiger partial charge in [0.2, 0.25) is 6.79 Å². The van der Waals surface area contributed by atoms with Crippen molar-refractivity contribution < 1.29 is 23.7 Å². The fourth-order valence-corrected chi connectivity index (χ4v) is 3.44. The average molecular weight is 442 g/mol. The highest BCUT2D eigenvalue weighted by Crippen LogP contribution is 2.33. The van der Waals surface area contributed by atoms with E-state index in [1.165, 1.54) is 5.56 Å². The zero-order chi connectivity index (χ0) is 22.0. The highest BCUT2D eigenvalue weighted by atomic mass is 16.7. The Morgan fingerprint density at radius 2 is 1.75 bits per heavy atom. The third-order valence-electron chi connectivity index (χ3n) is 5.07. The van der Waals surface area contributed by atoms with Crippen LogP contribution in [0.15, 0.2) is 41.4 Å². The summed E-state index contributed by atoms with van der Waals surface area (Å²) in [5.41, 5.74) is 2.07. The van der Waals surface area contributed by atoms with Crippen LogP contribution < -0.4 is 29.6 Å². The molecule has 0 amide bonds. The number of guanidine groups is 1. The third kappa shape index (κ3) is 6.20. The molecule has 0 bridgehead atoms. The number of fused-ring (bicyclic) bond motifs is 2. The molecule has 172 valence electrons. The number of anilines is 1. The van der Waals surface area contributed by atoms with E-state index in [2.05, 4.69) is 16.7 Å². The molecule has 0 aliphatic carbocycles. The lowest BCUT2D eigenvalue weighted by Gasteiger charge is -2.15. The minimum Gasteiger partial charge on any atom is -0.490 e. The minimum atomic E-state index is 0.287. The number of nitrogens with one attached hydrogen (secondary N) is 2. The summed E-state index contributed by atoms with van der Waals surface area (Å²) in [5, 5.41) is 6.81. The number of benzene rings is 2. The van der Waals surface area contributed by atoms with E-state index in [-0.39, 0.29) is 6.79 Å². The summed E-state index contributed by atoms with van der Waals surface area (Å²) >= 11 is 0. The van der Waals surface area contributed by atoms with Crippen molar-refractivity contribution in [3.8, 4) is 23.0 Å². The molecule has 32 heavy (non-hydrogen) atoms. The van der Waals surface area contributed by atoms with Gasteiger partial charge in [-0.3, -0.25) is 4.99 Å². The van der Waals surface area contributed by atoms with Crippen molar-refractivity contribution in [2.24, 2.45) is 4.99 Å². The van der Waals surface area contributed by atoms with Gasteiger partial charge in [-0.25, -0.2) is 0 Å². The Kier molecular flexibility index (Phi) is 7.92. The molecule has 0 spiro atoms. The van der Waals surface area contributed by atoms with Crippen LogP contribution in [0.3, 0.4) is 0 Å². The molecule has 8 heteroatoms. The number of ether oxygens (including phenoxy) is 5. The molecular formula is C24H31N3O5. The van der Waals surface area contributed by atoms with Gasteiger partial charge >= 0.3 is 0 Å². The molecule has 0 aromatic heterocycles. The molecule has 0 atom stereocenters. The first-order valence-corrected chi connectivity index (χ1v) is 11.2. The van der Waals surface area contributed by atoms with E-state index in [4.69, 9.17) is 28.7 Å². The summed E-state index contributed by atoms with van der Waals surface area (Å²) in [6.07, 6.45) is 2.58. The molecule has 2 aliphatic rings. The van der Waals surface area contributed by atoms with Crippen molar-refractivity contribution in [2.45, 2.75) is 26.2 Å².